The number of carbonyl (C=O) groups excluding carboxylic acids is 1. The highest BCUT2D eigenvalue weighted by molar-refractivity contribution is 7.98. The molecule has 0 bridgehead atoms. The first-order valence-corrected chi connectivity index (χ1v) is 7.67. The Labute approximate surface area is 122 Å². The van der Waals surface area contributed by atoms with Crippen molar-refractivity contribution in [1.29, 1.82) is 0 Å². The minimum absolute atomic E-state index is 0.0508. The van der Waals surface area contributed by atoms with Crippen LogP contribution >= 0.6 is 11.8 Å². The lowest BCUT2D eigenvalue weighted by Crippen LogP contribution is -2.28. The Morgan fingerprint density at radius 3 is 3.00 bits per heavy atom. The maximum absolute atomic E-state index is 12.5. The average molecular weight is 293 g/mol. The third-order valence-electron chi connectivity index (χ3n) is 3.09. The van der Waals surface area contributed by atoms with Gasteiger partial charge in [-0.15, -0.1) is 0 Å². The highest BCUT2D eigenvalue weighted by Gasteiger charge is 2.19. The second kappa shape index (κ2) is 6.76. The van der Waals surface area contributed by atoms with Crippen LogP contribution in [0.1, 0.15) is 16.9 Å². The van der Waals surface area contributed by atoms with Crippen molar-refractivity contribution in [3.63, 3.8) is 0 Å². The first-order chi connectivity index (χ1) is 9.69. The van der Waals surface area contributed by atoms with Crippen LogP contribution in [-0.4, -0.2) is 53.8 Å². The van der Waals surface area contributed by atoms with Gasteiger partial charge in [-0.3, -0.25) is 9.20 Å². The number of amides is 1. The number of methoxy groups -OCH3 is 1. The summed E-state index contributed by atoms with van der Waals surface area (Å²) in [7, 11) is 3.46. The molecule has 0 aliphatic carbocycles. The highest BCUT2D eigenvalue weighted by Crippen LogP contribution is 2.20. The third-order valence-corrected chi connectivity index (χ3v) is 3.74. The summed E-state index contributed by atoms with van der Waals surface area (Å²) in [6, 6.07) is 5.77. The van der Waals surface area contributed by atoms with E-state index in [2.05, 4.69) is 4.98 Å². The summed E-state index contributed by atoms with van der Waals surface area (Å²) in [6.07, 6.45) is 4.70. The van der Waals surface area contributed by atoms with Crippen LogP contribution in [0.2, 0.25) is 0 Å². The summed E-state index contributed by atoms with van der Waals surface area (Å²) >= 11 is 1.53. The summed E-state index contributed by atoms with van der Waals surface area (Å²) in [5.41, 5.74) is 1.36. The van der Waals surface area contributed by atoms with Crippen LogP contribution in [0.3, 0.4) is 0 Å². The number of carbonyl (C=O) groups is 1. The molecule has 2 heterocycles. The Morgan fingerprint density at radius 2 is 2.30 bits per heavy atom. The van der Waals surface area contributed by atoms with E-state index in [0.717, 1.165) is 17.1 Å². The molecule has 0 saturated heterocycles. The van der Waals surface area contributed by atoms with E-state index in [9.17, 15) is 4.79 Å². The number of fused-ring (bicyclic) bond motifs is 1. The van der Waals surface area contributed by atoms with Gasteiger partial charge in [-0.2, -0.15) is 0 Å². The number of nitrogens with zero attached hydrogens (tertiary/aromatic N) is 3. The maximum Gasteiger partial charge on any atom is 0.274 e. The lowest BCUT2D eigenvalue weighted by atomic mass is 10.3. The van der Waals surface area contributed by atoms with E-state index in [1.54, 1.807) is 19.1 Å². The second-order valence-corrected chi connectivity index (χ2v) is 5.25. The van der Waals surface area contributed by atoms with Crippen molar-refractivity contribution in [1.82, 2.24) is 14.3 Å². The molecule has 108 valence electrons. The molecule has 2 aromatic heterocycles. The molecule has 0 radical (unpaired) electrons. The fourth-order valence-electron chi connectivity index (χ4n) is 2.04. The molecule has 0 atom stereocenters. The number of pyridine rings is 1. The van der Waals surface area contributed by atoms with Crippen molar-refractivity contribution in [2.24, 2.45) is 0 Å². The van der Waals surface area contributed by atoms with Gasteiger partial charge < -0.3 is 9.64 Å². The molecule has 0 fully saturated rings. The van der Waals surface area contributed by atoms with Crippen molar-refractivity contribution in [3.05, 3.63) is 30.1 Å². The molecule has 0 aliphatic rings. The zero-order valence-corrected chi connectivity index (χ0v) is 12.8. The van der Waals surface area contributed by atoms with Crippen LogP contribution in [0.25, 0.3) is 5.52 Å². The smallest absolute Gasteiger partial charge is 0.274 e. The number of rotatable bonds is 6. The number of ether oxygens (including phenoxy) is 1. The van der Waals surface area contributed by atoms with Gasteiger partial charge in [0, 0.05) is 33.5 Å². The Kier molecular flexibility index (Phi) is 5.03. The van der Waals surface area contributed by atoms with Crippen LogP contribution in [0.15, 0.2) is 29.6 Å². The number of hydrogen-bond acceptors (Lipinski definition) is 4. The minimum Gasteiger partial charge on any atom is -0.385 e. The lowest BCUT2D eigenvalue weighted by molar-refractivity contribution is 0.0775. The molecule has 0 aromatic carbocycles. The van der Waals surface area contributed by atoms with Gasteiger partial charge in [0.15, 0.2) is 10.9 Å². The van der Waals surface area contributed by atoms with Crippen molar-refractivity contribution in [2.75, 3.05) is 33.6 Å². The first-order valence-electron chi connectivity index (χ1n) is 6.44. The standard InChI is InChI=1S/C14H19N3O2S/c1-16(8-6-10-19-2)13(18)12-11-7-4-5-9-17(11)14(15-12)20-3/h4-5,7,9H,6,8,10H2,1-3H3. The van der Waals surface area contributed by atoms with Crippen LogP contribution < -0.4 is 0 Å². The van der Waals surface area contributed by atoms with Gasteiger partial charge in [-0.25, -0.2) is 4.98 Å². The highest BCUT2D eigenvalue weighted by atomic mass is 32.2. The molecule has 0 aliphatic heterocycles. The average Bonchev–Trinajstić information content (AvgIpc) is 2.85. The molecule has 0 spiro atoms. The quantitative estimate of drug-likeness (QED) is 0.605. The fraction of sp³-hybridized carbons (Fsp3) is 0.429. The largest absolute Gasteiger partial charge is 0.385 e. The topological polar surface area (TPSA) is 46.8 Å². The van der Waals surface area contributed by atoms with Crippen molar-refractivity contribution < 1.29 is 9.53 Å². The summed E-state index contributed by atoms with van der Waals surface area (Å²) in [4.78, 5) is 18.6. The van der Waals surface area contributed by atoms with Gasteiger partial charge in [0.2, 0.25) is 0 Å². The fourth-order valence-corrected chi connectivity index (χ4v) is 2.58. The van der Waals surface area contributed by atoms with Gasteiger partial charge in [0.05, 0.1) is 5.52 Å². The van der Waals surface area contributed by atoms with E-state index in [0.29, 0.717) is 18.8 Å². The van der Waals surface area contributed by atoms with Gasteiger partial charge in [0.1, 0.15) is 0 Å². The first kappa shape index (κ1) is 14.9. The summed E-state index contributed by atoms with van der Waals surface area (Å²) in [6.45, 7) is 1.31. The monoisotopic (exact) mass is 293 g/mol. The molecule has 5 nitrogen and oxygen atoms in total. The van der Waals surface area contributed by atoms with E-state index >= 15 is 0 Å². The zero-order valence-electron chi connectivity index (χ0n) is 12.0. The molecule has 2 aromatic rings. The third kappa shape index (κ3) is 2.96. The van der Waals surface area contributed by atoms with Crippen LogP contribution in [0, 0.1) is 0 Å². The minimum atomic E-state index is -0.0508. The number of hydrogen-bond donors (Lipinski definition) is 0. The van der Waals surface area contributed by atoms with Crippen molar-refractivity contribution >= 4 is 23.2 Å². The number of imidazole rings is 1. The normalized spacial score (nSPS) is 10.9. The molecule has 2 rings (SSSR count). The van der Waals surface area contributed by atoms with E-state index in [1.165, 1.54) is 11.8 Å². The van der Waals surface area contributed by atoms with E-state index in [4.69, 9.17) is 4.74 Å². The SMILES string of the molecule is COCCCN(C)C(=O)c1nc(SC)n2ccccc12. The van der Waals surface area contributed by atoms with Crippen molar-refractivity contribution in [2.45, 2.75) is 11.6 Å². The Morgan fingerprint density at radius 1 is 1.50 bits per heavy atom. The van der Waals surface area contributed by atoms with E-state index in [-0.39, 0.29) is 5.91 Å². The van der Waals surface area contributed by atoms with Crippen molar-refractivity contribution in [3.8, 4) is 0 Å². The predicted octanol–water partition coefficient (Wildman–Crippen LogP) is 2.16. The summed E-state index contributed by atoms with van der Waals surface area (Å²) in [5, 5.41) is 0.828. The summed E-state index contributed by atoms with van der Waals surface area (Å²) in [5.74, 6) is -0.0508. The van der Waals surface area contributed by atoms with E-state index < -0.39 is 0 Å². The number of aromatic nitrogens is 2. The maximum atomic E-state index is 12.5. The Balaban J connectivity index is 2.25. The molecular weight excluding hydrogens is 274 g/mol. The Hall–Kier alpha value is -1.53. The lowest BCUT2D eigenvalue weighted by Gasteiger charge is -2.15. The molecule has 1 amide bonds. The molecule has 6 heteroatoms. The molecule has 20 heavy (non-hydrogen) atoms. The molecule has 0 unspecified atom stereocenters. The van der Waals surface area contributed by atoms with Crippen LogP contribution in [0.4, 0.5) is 0 Å². The zero-order chi connectivity index (χ0) is 14.5. The van der Waals surface area contributed by atoms with Gasteiger partial charge >= 0.3 is 0 Å². The predicted molar refractivity (Wildman–Crippen MR) is 80.4 cm³/mol. The second-order valence-electron chi connectivity index (χ2n) is 4.48. The molecule has 0 saturated carbocycles. The van der Waals surface area contributed by atoms with Crippen LogP contribution in [0.5, 0.6) is 0 Å². The van der Waals surface area contributed by atoms with E-state index in [1.807, 2.05) is 35.1 Å². The van der Waals surface area contributed by atoms with Gasteiger partial charge in [0.25, 0.3) is 5.91 Å². The summed E-state index contributed by atoms with van der Waals surface area (Å²) < 4.78 is 6.95. The number of thioether (sulfide) groups is 1. The van der Waals surface area contributed by atoms with Gasteiger partial charge in [-0.1, -0.05) is 17.8 Å². The van der Waals surface area contributed by atoms with Crippen LogP contribution in [-0.2, 0) is 4.74 Å². The molecule has 0 N–H and O–H groups in total. The molecular formula is C14H19N3O2S. The Bertz CT molecular complexity index is 597. The van der Waals surface area contributed by atoms with Gasteiger partial charge in [-0.05, 0) is 24.8 Å².